The Balaban J connectivity index is 1.50. The van der Waals surface area contributed by atoms with Crippen molar-refractivity contribution in [1.29, 1.82) is 0 Å². The monoisotopic (exact) mass is 343 g/mol. The SMILES string of the molecule is CC1(c2nsc(NC(=O)c3ccn(-c4cccc(F)c4)n3)n2)CC1. The minimum Gasteiger partial charge on any atom is -0.295 e. The largest absolute Gasteiger partial charge is 0.295 e. The second-order valence-corrected chi connectivity index (χ2v) is 6.82. The Hall–Kier alpha value is -2.61. The van der Waals surface area contributed by atoms with Crippen LogP contribution in [0.3, 0.4) is 0 Å². The van der Waals surface area contributed by atoms with Crippen LogP contribution >= 0.6 is 11.5 Å². The molecular formula is C16H14FN5OS. The molecule has 6 nitrogen and oxygen atoms in total. The van der Waals surface area contributed by atoms with Crippen molar-refractivity contribution >= 4 is 22.6 Å². The summed E-state index contributed by atoms with van der Waals surface area (Å²) in [4.78, 5) is 16.7. The summed E-state index contributed by atoms with van der Waals surface area (Å²) in [6.45, 7) is 2.11. The number of aromatic nitrogens is 4. The molecule has 4 rings (SSSR count). The fourth-order valence-electron chi connectivity index (χ4n) is 2.30. The first-order chi connectivity index (χ1) is 11.5. The van der Waals surface area contributed by atoms with E-state index in [9.17, 15) is 9.18 Å². The Bertz CT molecular complexity index is 915. The van der Waals surface area contributed by atoms with Crippen molar-refractivity contribution < 1.29 is 9.18 Å². The molecule has 1 aromatic carbocycles. The highest BCUT2D eigenvalue weighted by atomic mass is 32.1. The van der Waals surface area contributed by atoms with Gasteiger partial charge >= 0.3 is 0 Å². The molecule has 24 heavy (non-hydrogen) atoms. The van der Waals surface area contributed by atoms with Crippen molar-refractivity contribution in [2.24, 2.45) is 0 Å². The van der Waals surface area contributed by atoms with Crippen molar-refractivity contribution in [3.05, 3.63) is 53.9 Å². The van der Waals surface area contributed by atoms with Gasteiger partial charge in [0.2, 0.25) is 5.13 Å². The minimum absolute atomic E-state index is 0.0679. The molecular weight excluding hydrogens is 329 g/mol. The third-order valence-corrected chi connectivity index (χ3v) is 4.71. The van der Waals surface area contributed by atoms with Gasteiger partial charge in [-0.2, -0.15) is 9.47 Å². The molecule has 122 valence electrons. The zero-order valence-corrected chi connectivity index (χ0v) is 13.7. The van der Waals surface area contributed by atoms with Gasteiger partial charge in [-0.25, -0.2) is 14.1 Å². The lowest BCUT2D eigenvalue weighted by atomic mass is 10.1. The molecule has 0 unspecified atom stereocenters. The van der Waals surface area contributed by atoms with Crippen LogP contribution in [0.1, 0.15) is 36.1 Å². The number of nitrogens with one attached hydrogen (secondary N) is 1. The molecule has 0 bridgehead atoms. The van der Waals surface area contributed by atoms with Crippen molar-refractivity contribution in [3.8, 4) is 5.69 Å². The molecule has 1 fully saturated rings. The highest BCUT2D eigenvalue weighted by Gasteiger charge is 2.42. The van der Waals surface area contributed by atoms with Gasteiger partial charge in [-0.15, -0.1) is 0 Å². The molecule has 8 heteroatoms. The van der Waals surface area contributed by atoms with E-state index in [1.54, 1.807) is 24.4 Å². The van der Waals surface area contributed by atoms with E-state index in [1.165, 1.54) is 28.3 Å². The molecule has 0 radical (unpaired) electrons. The molecule has 1 N–H and O–H groups in total. The summed E-state index contributed by atoms with van der Waals surface area (Å²) in [5.74, 6) is 0.0610. The zero-order valence-electron chi connectivity index (χ0n) is 12.9. The number of nitrogens with zero attached hydrogens (tertiary/aromatic N) is 4. The summed E-state index contributed by atoms with van der Waals surface area (Å²) in [6, 6.07) is 7.58. The van der Waals surface area contributed by atoms with Crippen LogP contribution in [0.4, 0.5) is 9.52 Å². The number of rotatable bonds is 4. The van der Waals surface area contributed by atoms with Crippen LogP contribution in [0, 0.1) is 5.82 Å². The van der Waals surface area contributed by atoms with Crippen LogP contribution in [0.15, 0.2) is 36.5 Å². The summed E-state index contributed by atoms with van der Waals surface area (Å²) in [5.41, 5.74) is 0.848. The second-order valence-electron chi connectivity index (χ2n) is 6.06. The van der Waals surface area contributed by atoms with E-state index in [2.05, 4.69) is 26.7 Å². The summed E-state index contributed by atoms with van der Waals surface area (Å²) in [7, 11) is 0. The highest BCUT2D eigenvalue weighted by Crippen LogP contribution is 2.46. The lowest BCUT2D eigenvalue weighted by Gasteiger charge is -2.01. The normalized spacial score (nSPS) is 15.2. The van der Waals surface area contributed by atoms with Crippen LogP contribution in [0.2, 0.25) is 0 Å². The first kappa shape index (κ1) is 14.9. The van der Waals surface area contributed by atoms with Crippen LogP contribution in [0.5, 0.6) is 0 Å². The van der Waals surface area contributed by atoms with Gasteiger partial charge in [0.25, 0.3) is 5.91 Å². The van der Waals surface area contributed by atoms with Gasteiger partial charge in [-0.05, 0) is 37.1 Å². The van der Waals surface area contributed by atoms with Crippen molar-refractivity contribution in [3.63, 3.8) is 0 Å². The smallest absolute Gasteiger partial charge is 0.277 e. The summed E-state index contributed by atoms with van der Waals surface area (Å²) in [6.07, 6.45) is 3.77. The summed E-state index contributed by atoms with van der Waals surface area (Å²) in [5, 5.41) is 7.35. The Labute approximate surface area is 141 Å². The van der Waals surface area contributed by atoms with Gasteiger partial charge in [0.15, 0.2) is 11.5 Å². The highest BCUT2D eigenvalue weighted by molar-refractivity contribution is 7.09. The number of hydrogen-bond donors (Lipinski definition) is 1. The maximum absolute atomic E-state index is 13.3. The van der Waals surface area contributed by atoms with E-state index in [4.69, 9.17) is 0 Å². The maximum Gasteiger partial charge on any atom is 0.277 e. The van der Waals surface area contributed by atoms with E-state index >= 15 is 0 Å². The predicted molar refractivity (Wildman–Crippen MR) is 88.0 cm³/mol. The standard InChI is InChI=1S/C16H14FN5OS/c1-16(6-7-16)14-19-15(24-21-14)18-13(23)12-5-8-22(20-12)11-4-2-3-10(17)9-11/h2-5,8-9H,6-7H2,1H3,(H,18,19,21,23). The van der Waals surface area contributed by atoms with E-state index in [0.29, 0.717) is 10.8 Å². The lowest BCUT2D eigenvalue weighted by molar-refractivity contribution is 0.102. The number of amides is 1. The summed E-state index contributed by atoms with van der Waals surface area (Å²) < 4.78 is 19.0. The first-order valence-electron chi connectivity index (χ1n) is 7.51. The number of benzene rings is 1. The van der Waals surface area contributed by atoms with E-state index in [1.807, 2.05) is 0 Å². The Morgan fingerprint density at radius 3 is 2.96 bits per heavy atom. The van der Waals surface area contributed by atoms with Crippen molar-refractivity contribution in [2.45, 2.75) is 25.2 Å². The molecule has 1 aliphatic rings. The van der Waals surface area contributed by atoms with Crippen LogP contribution in [-0.2, 0) is 5.41 Å². The number of carbonyl (C=O) groups excluding carboxylic acids is 1. The number of halogens is 1. The quantitative estimate of drug-likeness (QED) is 0.790. The molecule has 0 atom stereocenters. The molecule has 1 saturated carbocycles. The van der Waals surface area contributed by atoms with Crippen LogP contribution < -0.4 is 5.32 Å². The average molecular weight is 343 g/mol. The molecule has 2 heterocycles. The van der Waals surface area contributed by atoms with Gasteiger partial charge in [0.05, 0.1) is 5.69 Å². The molecule has 3 aromatic rings. The van der Waals surface area contributed by atoms with Crippen molar-refractivity contribution in [2.75, 3.05) is 5.32 Å². The van der Waals surface area contributed by atoms with Gasteiger partial charge in [0.1, 0.15) is 5.82 Å². The van der Waals surface area contributed by atoms with E-state index in [0.717, 1.165) is 18.7 Å². The minimum atomic E-state index is -0.367. The fourth-order valence-corrected chi connectivity index (χ4v) is 3.00. The van der Waals surface area contributed by atoms with Crippen LogP contribution in [0.25, 0.3) is 5.69 Å². The van der Waals surface area contributed by atoms with E-state index in [-0.39, 0.29) is 22.8 Å². The fraction of sp³-hybridized carbons (Fsp3) is 0.250. The number of carbonyl (C=O) groups is 1. The lowest BCUT2D eigenvalue weighted by Crippen LogP contribution is -2.13. The molecule has 0 saturated heterocycles. The van der Waals surface area contributed by atoms with E-state index < -0.39 is 0 Å². The van der Waals surface area contributed by atoms with Gasteiger partial charge < -0.3 is 0 Å². The van der Waals surface area contributed by atoms with Gasteiger partial charge in [0, 0.05) is 23.1 Å². The second kappa shape index (κ2) is 5.48. The Morgan fingerprint density at radius 1 is 1.38 bits per heavy atom. The maximum atomic E-state index is 13.3. The molecule has 0 spiro atoms. The first-order valence-corrected chi connectivity index (χ1v) is 8.28. The zero-order chi connectivity index (χ0) is 16.7. The molecule has 1 aliphatic carbocycles. The van der Waals surface area contributed by atoms with Crippen molar-refractivity contribution in [1.82, 2.24) is 19.1 Å². The van der Waals surface area contributed by atoms with Gasteiger partial charge in [-0.3, -0.25) is 10.1 Å². The molecule has 2 aromatic heterocycles. The topological polar surface area (TPSA) is 72.7 Å². The third kappa shape index (κ3) is 2.80. The number of anilines is 1. The Kier molecular flexibility index (Phi) is 3.42. The summed E-state index contributed by atoms with van der Waals surface area (Å²) >= 11 is 1.17. The number of hydrogen-bond acceptors (Lipinski definition) is 5. The molecule has 1 amide bonds. The predicted octanol–water partition coefficient (Wildman–Crippen LogP) is 3.17. The molecule has 0 aliphatic heterocycles. The van der Waals surface area contributed by atoms with Gasteiger partial charge in [-0.1, -0.05) is 13.0 Å². The average Bonchev–Trinajstić information content (AvgIpc) is 3.00. The Morgan fingerprint density at radius 2 is 2.21 bits per heavy atom. The third-order valence-electron chi connectivity index (χ3n) is 4.08. The van der Waals surface area contributed by atoms with Crippen LogP contribution in [-0.4, -0.2) is 25.0 Å².